The highest BCUT2D eigenvalue weighted by Gasteiger charge is 2.25. The first-order chi connectivity index (χ1) is 9.79. The van der Waals surface area contributed by atoms with Gasteiger partial charge in [-0.1, -0.05) is 18.2 Å². The average Bonchev–Trinajstić information content (AvgIpc) is 2.82. The number of benzene rings is 1. The van der Waals surface area contributed by atoms with Crippen molar-refractivity contribution in [3.63, 3.8) is 0 Å². The fourth-order valence-corrected chi connectivity index (χ4v) is 3.75. The van der Waals surface area contributed by atoms with Crippen LogP contribution in [0.15, 0.2) is 24.3 Å². The first-order valence-corrected chi connectivity index (χ1v) is 8.22. The molecule has 2 atom stereocenters. The number of nitrogens with one attached hydrogen (secondary N) is 1. The number of thioether (sulfide) groups is 1. The van der Waals surface area contributed by atoms with E-state index in [9.17, 15) is 0 Å². The molecule has 20 heavy (non-hydrogen) atoms. The topological polar surface area (TPSA) is 39.1 Å². The molecule has 0 bridgehead atoms. The molecule has 1 N–H and O–H groups in total. The Morgan fingerprint density at radius 2 is 2.35 bits per heavy atom. The van der Waals surface area contributed by atoms with Crippen molar-refractivity contribution in [3.8, 4) is 0 Å². The summed E-state index contributed by atoms with van der Waals surface area (Å²) in [5, 5.41) is 9.34. The molecule has 4 nitrogen and oxygen atoms in total. The third kappa shape index (κ3) is 2.71. The van der Waals surface area contributed by atoms with Gasteiger partial charge in [-0.05, 0) is 13.1 Å². The monoisotopic (exact) mass is 291 g/mol. The molecule has 3 rings (SSSR count). The van der Waals surface area contributed by atoms with Crippen LogP contribution in [-0.2, 0) is 18.2 Å². The Labute approximate surface area is 123 Å². The van der Waals surface area contributed by atoms with Crippen LogP contribution in [0, 0.1) is 0 Å². The first kappa shape index (κ1) is 13.9. The second kappa shape index (κ2) is 6.16. The Bertz CT molecular complexity index is 578. The van der Waals surface area contributed by atoms with E-state index < -0.39 is 0 Å². The molecule has 5 heteroatoms. The molecule has 1 aromatic carbocycles. The minimum absolute atomic E-state index is 0.277. The smallest absolute Gasteiger partial charge is 0.0822 e. The van der Waals surface area contributed by atoms with E-state index in [-0.39, 0.29) is 6.10 Å². The van der Waals surface area contributed by atoms with E-state index in [1.54, 1.807) is 0 Å². The molecular formula is C15H21N3OS. The zero-order valence-electron chi connectivity index (χ0n) is 12.0. The van der Waals surface area contributed by atoms with Crippen LogP contribution in [0.5, 0.6) is 0 Å². The second-order valence-electron chi connectivity index (χ2n) is 5.17. The third-order valence-electron chi connectivity index (χ3n) is 3.91. The molecule has 2 aromatic rings. The predicted molar refractivity (Wildman–Crippen MR) is 84.3 cm³/mol. The molecule has 1 saturated heterocycles. The molecular weight excluding hydrogens is 270 g/mol. The zero-order valence-corrected chi connectivity index (χ0v) is 12.8. The van der Waals surface area contributed by atoms with Crippen molar-refractivity contribution in [2.45, 2.75) is 18.6 Å². The lowest BCUT2D eigenvalue weighted by Gasteiger charge is -2.29. The standard InChI is InChI=1S/C15H21N3OS/c1-16-13(15-10-20-8-7-19-15)9-12-11-5-3-4-6-14(11)18(2)17-12/h3-6,13,15-16H,7-10H2,1-2H3. The molecule has 1 aromatic heterocycles. The van der Waals surface area contributed by atoms with E-state index in [4.69, 9.17) is 4.74 Å². The molecule has 0 saturated carbocycles. The lowest BCUT2D eigenvalue weighted by atomic mass is 10.0. The molecule has 1 aliphatic rings. The lowest BCUT2D eigenvalue weighted by Crippen LogP contribution is -2.44. The van der Waals surface area contributed by atoms with E-state index in [0.29, 0.717) is 6.04 Å². The SMILES string of the molecule is CNC(Cc1nn(C)c2ccccc12)C1CSCCO1. The summed E-state index contributed by atoms with van der Waals surface area (Å²) in [5.74, 6) is 2.18. The van der Waals surface area contributed by atoms with Gasteiger partial charge in [0.2, 0.25) is 0 Å². The third-order valence-corrected chi connectivity index (χ3v) is 4.93. The van der Waals surface area contributed by atoms with Gasteiger partial charge in [-0.2, -0.15) is 16.9 Å². The number of para-hydroxylation sites is 1. The van der Waals surface area contributed by atoms with Gasteiger partial charge in [-0.25, -0.2) is 0 Å². The largest absolute Gasteiger partial charge is 0.375 e. The summed E-state index contributed by atoms with van der Waals surface area (Å²) < 4.78 is 7.87. The average molecular weight is 291 g/mol. The Morgan fingerprint density at radius 3 is 3.10 bits per heavy atom. The van der Waals surface area contributed by atoms with Crippen molar-refractivity contribution in [1.29, 1.82) is 0 Å². The number of likely N-dealkylation sites (N-methyl/N-ethyl adjacent to an activating group) is 1. The van der Waals surface area contributed by atoms with Crippen molar-refractivity contribution in [2.75, 3.05) is 25.2 Å². The van der Waals surface area contributed by atoms with Crippen LogP contribution in [0.2, 0.25) is 0 Å². The molecule has 1 fully saturated rings. The second-order valence-corrected chi connectivity index (χ2v) is 6.32. The van der Waals surface area contributed by atoms with Crippen LogP contribution in [0.25, 0.3) is 10.9 Å². The number of aromatic nitrogens is 2. The summed E-state index contributed by atoms with van der Waals surface area (Å²) >= 11 is 1.98. The first-order valence-electron chi connectivity index (χ1n) is 7.07. The van der Waals surface area contributed by atoms with Gasteiger partial charge >= 0.3 is 0 Å². The van der Waals surface area contributed by atoms with Gasteiger partial charge in [0, 0.05) is 36.4 Å². The van der Waals surface area contributed by atoms with E-state index in [1.165, 1.54) is 10.9 Å². The van der Waals surface area contributed by atoms with Gasteiger partial charge in [-0.15, -0.1) is 0 Å². The lowest BCUT2D eigenvalue weighted by molar-refractivity contribution is 0.0490. The molecule has 0 radical (unpaired) electrons. The number of rotatable bonds is 4. The number of hydrogen-bond acceptors (Lipinski definition) is 4. The van der Waals surface area contributed by atoms with E-state index in [2.05, 4.69) is 34.7 Å². The van der Waals surface area contributed by atoms with E-state index in [0.717, 1.165) is 30.2 Å². The Kier molecular flexibility index (Phi) is 4.29. The van der Waals surface area contributed by atoms with Crippen LogP contribution < -0.4 is 5.32 Å². The van der Waals surface area contributed by atoms with Crippen LogP contribution in [0.4, 0.5) is 0 Å². The van der Waals surface area contributed by atoms with Gasteiger partial charge in [0.15, 0.2) is 0 Å². The van der Waals surface area contributed by atoms with Crippen LogP contribution in [0.3, 0.4) is 0 Å². The summed E-state index contributed by atoms with van der Waals surface area (Å²) in [4.78, 5) is 0. The number of hydrogen-bond donors (Lipinski definition) is 1. The molecule has 1 aliphatic heterocycles. The number of fused-ring (bicyclic) bond motifs is 1. The summed E-state index contributed by atoms with van der Waals surface area (Å²) in [6.45, 7) is 0.858. The maximum Gasteiger partial charge on any atom is 0.0822 e. The van der Waals surface area contributed by atoms with Gasteiger partial charge < -0.3 is 10.1 Å². The fourth-order valence-electron chi connectivity index (χ4n) is 2.81. The van der Waals surface area contributed by atoms with Crippen molar-refractivity contribution >= 4 is 22.7 Å². The molecule has 108 valence electrons. The molecule has 0 spiro atoms. The number of nitrogens with zero attached hydrogens (tertiary/aromatic N) is 2. The quantitative estimate of drug-likeness (QED) is 0.933. The highest BCUT2D eigenvalue weighted by atomic mass is 32.2. The van der Waals surface area contributed by atoms with Gasteiger partial charge in [0.05, 0.1) is 23.9 Å². The number of ether oxygens (including phenoxy) is 1. The van der Waals surface area contributed by atoms with Crippen molar-refractivity contribution in [2.24, 2.45) is 7.05 Å². The van der Waals surface area contributed by atoms with Gasteiger partial charge in [0.1, 0.15) is 0 Å². The van der Waals surface area contributed by atoms with Crippen molar-refractivity contribution in [3.05, 3.63) is 30.0 Å². The fraction of sp³-hybridized carbons (Fsp3) is 0.533. The van der Waals surface area contributed by atoms with E-state index >= 15 is 0 Å². The maximum atomic E-state index is 5.90. The Balaban J connectivity index is 1.83. The zero-order chi connectivity index (χ0) is 13.9. The Morgan fingerprint density at radius 1 is 1.50 bits per heavy atom. The molecule has 0 aliphatic carbocycles. The predicted octanol–water partition coefficient (Wildman–Crippen LogP) is 1.84. The minimum Gasteiger partial charge on any atom is -0.375 e. The number of aryl methyl sites for hydroxylation is 1. The highest BCUT2D eigenvalue weighted by molar-refractivity contribution is 7.99. The highest BCUT2D eigenvalue weighted by Crippen LogP contribution is 2.22. The van der Waals surface area contributed by atoms with Crippen LogP contribution in [-0.4, -0.2) is 47.1 Å². The summed E-state index contributed by atoms with van der Waals surface area (Å²) in [6.07, 6.45) is 1.18. The maximum absolute atomic E-state index is 5.90. The van der Waals surface area contributed by atoms with Crippen LogP contribution >= 0.6 is 11.8 Å². The summed E-state index contributed by atoms with van der Waals surface area (Å²) in [5.41, 5.74) is 2.35. The molecule has 2 unspecified atom stereocenters. The normalized spacial score (nSPS) is 21.2. The summed E-state index contributed by atoms with van der Waals surface area (Å²) in [6, 6.07) is 8.73. The molecule has 2 heterocycles. The molecule has 0 amide bonds. The van der Waals surface area contributed by atoms with Crippen molar-refractivity contribution < 1.29 is 4.74 Å². The van der Waals surface area contributed by atoms with Crippen molar-refractivity contribution in [1.82, 2.24) is 15.1 Å². The van der Waals surface area contributed by atoms with Gasteiger partial charge in [-0.3, -0.25) is 4.68 Å². The summed E-state index contributed by atoms with van der Waals surface area (Å²) in [7, 11) is 4.02. The minimum atomic E-state index is 0.277. The van der Waals surface area contributed by atoms with Gasteiger partial charge in [0.25, 0.3) is 0 Å². The Hall–Kier alpha value is -1.04. The van der Waals surface area contributed by atoms with E-state index in [1.807, 2.05) is 30.5 Å². The van der Waals surface area contributed by atoms with Crippen LogP contribution in [0.1, 0.15) is 5.69 Å².